The predicted molar refractivity (Wildman–Crippen MR) is 59.8 cm³/mol. The van der Waals surface area contributed by atoms with E-state index in [9.17, 15) is 5.11 Å². The van der Waals surface area contributed by atoms with Crippen molar-refractivity contribution in [2.24, 2.45) is 5.92 Å². The quantitative estimate of drug-likeness (QED) is 0.619. The first kappa shape index (κ1) is 13.1. The molecule has 1 rings (SSSR count). The van der Waals surface area contributed by atoms with E-state index in [0.29, 0.717) is 6.61 Å². The lowest BCUT2D eigenvalue weighted by atomic mass is 10.1. The molecule has 4 heteroatoms. The summed E-state index contributed by atoms with van der Waals surface area (Å²) in [5.74, 6) is -0.436. The van der Waals surface area contributed by atoms with E-state index in [0.717, 1.165) is 5.56 Å². The molecule has 0 aliphatic heterocycles. The smallest absolute Gasteiger partial charge is 0.0843 e. The molecule has 0 aromatic heterocycles. The van der Waals surface area contributed by atoms with E-state index in [1.54, 1.807) is 0 Å². The molecule has 0 saturated carbocycles. The average molecular weight is 226 g/mol. The van der Waals surface area contributed by atoms with Gasteiger partial charge < -0.3 is 20.1 Å². The topological polar surface area (TPSA) is 69.9 Å². The molecule has 0 aliphatic carbocycles. The monoisotopic (exact) mass is 226 g/mol. The summed E-state index contributed by atoms with van der Waals surface area (Å²) >= 11 is 0. The van der Waals surface area contributed by atoms with Crippen LogP contribution in [0.2, 0.25) is 0 Å². The minimum atomic E-state index is -0.930. The van der Waals surface area contributed by atoms with Gasteiger partial charge in [-0.25, -0.2) is 0 Å². The Balaban J connectivity index is 2.28. The maximum absolute atomic E-state index is 9.32. The molecule has 1 aromatic carbocycles. The van der Waals surface area contributed by atoms with Gasteiger partial charge in [0.25, 0.3) is 0 Å². The number of aliphatic hydroxyl groups excluding tert-OH is 3. The highest BCUT2D eigenvalue weighted by Gasteiger charge is 2.17. The van der Waals surface area contributed by atoms with Gasteiger partial charge in [-0.15, -0.1) is 0 Å². The molecule has 0 unspecified atom stereocenters. The molecule has 3 N–H and O–H groups in total. The lowest BCUT2D eigenvalue weighted by molar-refractivity contribution is -0.0263. The Hall–Kier alpha value is -0.940. The second kappa shape index (κ2) is 7.35. The van der Waals surface area contributed by atoms with Crippen molar-refractivity contribution in [1.29, 1.82) is 0 Å². The van der Waals surface area contributed by atoms with Gasteiger partial charge in [-0.3, -0.25) is 0 Å². The van der Waals surface area contributed by atoms with Gasteiger partial charge in [0, 0.05) is 5.92 Å². The molecule has 0 spiro atoms. The zero-order valence-electron chi connectivity index (χ0n) is 9.12. The molecule has 16 heavy (non-hydrogen) atoms. The van der Waals surface area contributed by atoms with Gasteiger partial charge >= 0.3 is 0 Å². The molecule has 2 atom stereocenters. The van der Waals surface area contributed by atoms with Crippen molar-refractivity contribution >= 4 is 0 Å². The van der Waals surface area contributed by atoms with E-state index in [-0.39, 0.29) is 19.8 Å². The van der Waals surface area contributed by atoms with E-state index in [2.05, 4.69) is 0 Å². The molecule has 0 saturated heterocycles. The summed E-state index contributed by atoms with van der Waals surface area (Å²) in [6.45, 7) is 0.110. The van der Waals surface area contributed by atoms with E-state index >= 15 is 0 Å². The largest absolute Gasteiger partial charge is 0.396 e. The van der Waals surface area contributed by atoms with E-state index in [1.807, 2.05) is 30.3 Å². The van der Waals surface area contributed by atoms with Crippen LogP contribution in [-0.2, 0) is 11.3 Å². The van der Waals surface area contributed by atoms with Crippen molar-refractivity contribution in [2.75, 3.05) is 19.8 Å². The molecule has 0 aliphatic rings. The van der Waals surface area contributed by atoms with Crippen LogP contribution in [-0.4, -0.2) is 41.2 Å². The Morgan fingerprint density at radius 2 is 1.75 bits per heavy atom. The molecular formula is C12H18O4. The normalized spacial score (nSPS) is 14.7. The van der Waals surface area contributed by atoms with Gasteiger partial charge in [0.1, 0.15) is 0 Å². The maximum Gasteiger partial charge on any atom is 0.0843 e. The standard InChI is InChI=1S/C12H18O4/c13-6-11(12(15)7-14)9-16-8-10-4-2-1-3-5-10/h1-5,11-15H,6-9H2/t11-,12-/m1/s1. The van der Waals surface area contributed by atoms with Gasteiger partial charge in [0.2, 0.25) is 0 Å². The minimum Gasteiger partial charge on any atom is -0.396 e. The lowest BCUT2D eigenvalue weighted by Crippen LogP contribution is -2.31. The summed E-state index contributed by atoms with van der Waals surface area (Å²) in [6.07, 6.45) is -0.930. The van der Waals surface area contributed by atoms with Crippen molar-refractivity contribution in [2.45, 2.75) is 12.7 Å². The summed E-state index contributed by atoms with van der Waals surface area (Å²) in [6, 6.07) is 9.65. The van der Waals surface area contributed by atoms with Crippen molar-refractivity contribution in [3.8, 4) is 0 Å². The van der Waals surface area contributed by atoms with Crippen LogP contribution in [0.5, 0.6) is 0 Å². The fourth-order valence-corrected chi connectivity index (χ4v) is 1.34. The highest BCUT2D eigenvalue weighted by molar-refractivity contribution is 5.13. The maximum atomic E-state index is 9.32. The number of hydrogen-bond acceptors (Lipinski definition) is 4. The first-order chi connectivity index (χ1) is 7.77. The Morgan fingerprint density at radius 1 is 1.06 bits per heavy atom. The second-order valence-corrected chi connectivity index (χ2v) is 3.69. The van der Waals surface area contributed by atoms with Crippen molar-refractivity contribution in [3.63, 3.8) is 0 Å². The Kier molecular flexibility index (Phi) is 6.03. The van der Waals surface area contributed by atoms with Crippen LogP contribution in [0.15, 0.2) is 30.3 Å². The summed E-state index contributed by atoms with van der Waals surface area (Å²) < 4.78 is 5.36. The van der Waals surface area contributed by atoms with Gasteiger partial charge in [-0.1, -0.05) is 30.3 Å². The predicted octanol–water partition coefficient (Wildman–Crippen LogP) is 0.165. The summed E-state index contributed by atoms with van der Waals surface area (Å²) in [5, 5.41) is 27.0. The van der Waals surface area contributed by atoms with E-state index in [4.69, 9.17) is 14.9 Å². The molecular weight excluding hydrogens is 208 g/mol. The first-order valence-electron chi connectivity index (χ1n) is 5.29. The van der Waals surface area contributed by atoms with Crippen LogP contribution in [0.4, 0.5) is 0 Å². The van der Waals surface area contributed by atoms with E-state index < -0.39 is 12.0 Å². The number of aliphatic hydroxyl groups is 3. The summed E-state index contributed by atoms with van der Waals surface area (Å²) in [5.41, 5.74) is 1.04. The SMILES string of the molecule is OC[C@H](COCc1ccccc1)[C@H](O)CO. The fraction of sp³-hybridized carbons (Fsp3) is 0.500. The Labute approximate surface area is 95.1 Å². The summed E-state index contributed by atoms with van der Waals surface area (Å²) in [4.78, 5) is 0. The highest BCUT2D eigenvalue weighted by Crippen LogP contribution is 2.06. The zero-order chi connectivity index (χ0) is 11.8. The number of rotatable bonds is 7. The van der Waals surface area contributed by atoms with Gasteiger partial charge in [0.15, 0.2) is 0 Å². The van der Waals surface area contributed by atoms with Crippen LogP contribution in [0.3, 0.4) is 0 Å². The van der Waals surface area contributed by atoms with Gasteiger partial charge in [0.05, 0.1) is 32.5 Å². The zero-order valence-corrected chi connectivity index (χ0v) is 9.12. The van der Waals surface area contributed by atoms with Crippen molar-refractivity contribution in [1.82, 2.24) is 0 Å². The molecule has 0 heterocycles. The molecule has 4 nitrogen and oxygen atoms in total. The third kappa shape index (κ3) is 4.28. The average Bonchev–Trinajstić information content (AvgIpc) is 2.35. The number of benzene rings is 1. The van der Waals surface area contributed by atoms with Crippen LogP contribution in [0.1, 0.15) is 5.56 Å². The third-order valence-electron chi connectivity index (χ3n) is 2.41. The van der Waals surface area contributed by atoms with Crippen LogP contribution >= 0.6 is 0 Å². The highest BCUT2D eigenvalue weighted by atomic mass is 16.5. The summed E-state index contributed by atoms with van der Waals surface area (Å²) in [7, 11) is 0. The number of hydrogen-bond donors (Lipinski definition) is 3. The number of ether oxygens (including phenoxy) is 1. The molecule has 90 valence electrons. The molecule has 0 radical (unpaired) electrons. The Bertz CT molecular complexity index is 276. The van der Waals surface area contributed by atoms with E-state index in [1.165, 1.54) is 0 Å². The molecule has 1 aromatic rings. The second-order valence-electron chi connectivity index (χ2n) is 3.69. The molecule has 0 fully saturated rings. The van der Waals surface area contributed by atoms with Crippen molar-refractivity contribution < 1.29 is 20.1 Å². The third-order valence-corrected chi connectivity index (χ3v) is 2.41. The molecule has 0 amide bonds. The molecule has 0 bridgehead atoms. The Morgan fingerprint density at radius 3 is 2.31 bits per heavy atom. The lowest BCUT2D eigenvalue weighted by Gasteiger charge is -2.18. The van der Waals surface area contributed by atoms with Crippen LogP contribution in [0, 0.1) is 5.92 Å². The van der Waals surface area contributed by atoms with Crippen LogP contribution < -0.4 is 0 Å². The first-order valence-corrected chi connectivity index (χ1v) is 5.29. The van der Waals surface area contributed by atoms with Crippen molar-refractivity contribution in [3.05, 3.63) is 35.9 Å². The minimum absolute atomic E-state index is 0.198. The van der Waals surface area contributed by atoms with Crippen LogP contribution in [0.25, 0.3) is 0 Å². The van der Waals surface area contributed by atoms with Gasteiger partial charge in [-0.2, -0.15) is 0 Å². The fourth-order valence-electron chi connectivity index (χ4n) is 1.34. The van der Waals surface area contributed by atoms with Gasteiger partial charge in [-0.05, 0) is 5.56 Å².